The molecule has 8 nitrogen and oxygen atoms in total. The monoisotopic (exact) mass is 495 g/mol. The fourth-order valence-corrected chi connectivity index (χ4v) is 5.63. The van der Waals surface area contributed by atoms with Gasteiger partial charge in [-0.25, -0.2) is 0 Å². The van der Waals surface area contributed by atoms with E-state index in [2.05, 4.69) is 9.71 Å². The first kappa shape index (κ1) is 23.5. The summed E-state index contributed by atoms with van der Waals surface area (Å²) in [5.74, 6) is -0.141. The van der Waals surface area contributed by atoms with Crippen molar-refractivity contribution < 1.29 is 22.7 Å². The van der Waals surface area contributed by atoms with Crippen LogP contribution in [0, 0.1) is 0 Å². The molecule has 0 aromatic heterocycles. The molecule has 1 atom stereocenters. The van der Waals surface area contributed by atoms with Gasteiger partial charge in [0.25, 0.3) is 10.0 Å². The minimum absolute atomic E-state index is 0.00213. The van der Waals surface area contributed by atoms with E-state index in [9.17, 15) is 18.0 Å². The molecular weight excluding hydrogens is 474 g/mol. The molecule has 34 heavy (non-hydrogen) atoms. The van der Waals surface area contributed by atoms with Gasteiger partial charge >= 0.3 is 0 Å². The number of nitrogens with zero attached hydrogens (tertiary/aromatic N) is 2. The van der Waals surface area contributed by atoms with E-state index in [1.165, 1.54) is 17.0 Å². The summed E-state index contributed by atoms with van der Waals surface area (Å²) in [7, 11) is -2.51. The Hall–Kier alpha value is -3.63. The molecule has 1 N–H and O–H groups in total. The third-order valence-electron chi connectivity index (χ3n) is 4.93. The minimum Gasteiger partial charge on any atom is -0.497 e. The first-order valence-corrected chi connectivity index (χ1v) is 12.6. The van der Waals surface area contributed by atoms with Crippen molar-refractivity contribution >= 4 is 50.1 Å². The first-order chi connectivity index (χ1) is 16.4. The zero-order valence-corrected chi connectivity index (χ0v) is 19.8. The summed E-state index contributed by atoms with van der Waals surface area (Å²) in [5, 5.41) is 1.92. The van der Waals surface area contributed by atoms with Crippen molar-refractivity contribution in [3.05, 3.63) is 84.9 Å². The van der Waals surface area contributed by atoms with Crippen LogP contribution in [0.5, 0.6) is 5.75 Å². The number of hydrogen-bond donors (Lipinski definition) is 1. The predicted molar refractivity (Wildman–Crippen MR) is 133 cm³/mol. The lowest BCUT2D eigenvalue weighted by atomic mass is 10.2. The maximum Gasteiger partial charge on any atom is 0.284 e. The summed E-state index contributed by atoms with van der Waals surface area (Å²) in [4.78, 5) is 27.1. The molecule has 0 radical (unpaired) electrons. The molecule has 0 aliphatic carbocycles. The van der Waals surface area contributed by atoms with Crippen molar-refractivity contribution in [1.82, 2.24) is 0 Å². The number of sulfonamides is 1. The van der Waals surface area contributed by atoms with Crippen LogP contribution in [0.1, 0.15) is 6.42 Å². The van der Waals surface area contributed by atoms with Crippen molar-refractivity contribution in [2.24, 2.45) is 4.40 Å². The molecule has 0 saturated carbocycles. The van der Waals surface area contributed by atoms with Crippen LogP contribution < -0.4 is 15.0 Å². The molecule has 1 aliphatic heterocycles. The van der Waals surface area contributed by atoms with Gasteiger partial charge < -0.3 is 10.1 Å². The van der Waals surface area contributed by atoms with Crippen LogP contribution >= 0.6 is 11.8 Å². The second-order valence-electron chi connectivity index (χ2n) is 7.26. The van der Waals surface area contributed by atoms with E-state index in [0.29, 0.717) is 17.1 Å². The largest absolute Gasteiger partial charge is 0.497 e. The topological polar surface area (TPSA) is 105 Å². The van der Waals surface area contributed by atoms with Gasteiger partial charge in [0.2, 0.25) is 11.8 Å². The highest BCUT2D eigenvalue weighted by atomic mass is 32.2. The number of thioether (sulfide) groups is 1. The highest BCUT2D eigenvalue weighted by Gasteiger charge is 2.41. The Morgan fingerprint density at radius 1 is 1.00 bits per heavy atom. The van der Waals surface area contributed by atoms with Crippen molar-refractivity contribution in [2.45, 2.75) is 16.6 Å². The molecule has 1 aliphatic rings. The normalized spacial score (nSPS) is 17.1. The lowest BCUT2D eigenvalue weighted by Crippen LogP contribution is -2.33. The molecule has 4 rings (SSSR count). The van der Waals surface area contributed by atoms with Gasteiger partial charge in [0.15, 0.2) is 5.17 Å². The SMILES string of the molecule is COc1ccc(NC(=O)CC2S/C(=N\S(=O)(=O)c3ccccc3)N(c3ccccc3)C2=O)cc1. The average Bonchev–Trinajstić information content (AvgIpc) is 3.14. The van der Waals surface area contributed by atoms with E-state index in [1.807, 2.05) is 0 Å². The Kier molecular flexibility index (Phi) is 6.99. The minimum atomic E-state index is -4.05. The highest BCUT2D eigenvalue weighted by molar-refractivity contribution is 8.16. The van der Waals surface area contributed by atoms with E-state index in [4.69, 9.17) is 4.74 Å². The van der Waals surface area contributed by atoms with Gasteiger partial charge in [-0.2, -0.15) is 8.42 Å². The van der Waals surface area contributed by atoms with E-state index in [0.717, 1.165) is 11.8 Å². The average molecular weight is 496 g/mol. The Bertz CT molecular complexity index is 1310. The van der Waals surface area contributed by atoms with Crippen molar-refractivity contribution in [2.75, 3.05) is 17.3 Å². The summed E-state index contributed by atoms with van der Waals surface area (Å²) in [6.45, 7) is 0. The van der Waals surface area contributed by atoms with Crippen LogP contribution in [-0.2, 0) is 19.6 Å². The van der Waals surface area contributed by atoms with Crippen molar-refractivity contribution in [1.29, 1.82) is 0 Å². The maximum atomic E-state index is 13.2. The van der Waals surface area contributed by atoms with Crippen LogP contribution in [0.15, 0.2) is 94.2 Å². The molecule has 1 saturated heterocycles. The van der Waals surface area contributed by atoms with E-state index in [-0.39, 0.29) is 22.4 Å². The first-order valence-electron chi connectivity index (χ1n) is 10.3. The molecule has 3 aromatic rings. The maximum absolute atomic E-state index is 13.2. The number of nitrogens with one attached hydrogen (secondary N) is 1. The van der Waals surface area contributed by atoms with Crippen LogP contribution in [0.2, 0.25) is 0 Å². The third-order valence-corrected chi connectivity index (χ3v) is 7.47. The van der Waals surface area contributed by atoms with Crippen molar-refractivity contribution in [3.8, 4) is 5.75 Å². The fourth-order valence-electron chi connectivity index (χ4n) is 3.28. The molecule has 1 heterocycles. The summed E-state index contributed by atoms with van der Waals surface area (Å²) in [6.07, 6.45) is -0.150. The molecule has 2 amide bonds. The summed E-state index contributed by atoms with van der Waals surface area (Å²) in [6, 6.07) is 23.2. The van der Waals surface area contributed by atoms with Crippen LogP contribution in [0.25, 0.3) is 0 Å². The summed E-state index contributed by atoms with van der Waals surface area (Å²) < 4.78 is 34.8. The van der Waals surface area contributed by atoms with Crippen LogP contribution in [-0.4, -0.2) is 37.8 Å². The van der Waals surface area contributed by atoms with E-state index in [1.54, 1.807) is 79.9 Å². The number of hydrogen-bond acceptors (Lipinski definition) is 6. The molecule has 0 spiro atoms. The second kappa shape index (κ2) is 10.1. The summed E-state index contributed by atoms with van der Waals surface area (Å²) >= 11 is 0.955. The Morgan fingerprint density at radius 2 is 1.62 bits per heavy atom. The highest BCUT2D eigenvalue weighted by Crippen LogP contribution is 2.35. The number of para-hydroxylation sites is 1. The lowest BCUT2D eigenvalue weighted by Gasteiger charge is -2.16. The van der Waals surface area contributed by atoms with Gasteiger partial charge in [0.05, 0.1) is 17.7 Å². The van der Waals surface area contributed by atoms with E-state index < -0.39 is 21.2 Å². The summed E-state index contributed by atoms with van der Waals surface area (Å²) in [5.41, 5.74) is 1.03. The van der Waals surface area contributed by atoms with Crippen molar-refractivity contribution in [3.63, 3.8) is 0 Å². The number of carbonyl (C=O) groups excluding carboxylic acids is 2. The smallest absolute Gasteiger partial charge is 0.284 e. The third kappa shape index (κ3) is 5.29. The number of amides is 2. The number of anilines is 2. The van der Waals surface area contributed by atoms with Gasteiger partial charge in [0.1, 0.15) is 11.0 Å². The van der Waals surface area contributed by atoms with Gasteiger partial charge in [-0.3, -0.25) is 14.5 Å². The molecule has 1 fully saturated rings. The lowest BCUT2D eigenvalue weighted by molar-refractivity contribution is -0.121. The second-order valence-corrected chi connectivity index (χ2v) is 10.0. The Morgan fingerprint density at radius 3 is 2.24 bits per heavy atom. The number of methoxy groups -OCH3 is 1. The number of benzene rings is 3. The van der Waals surface area contributed by atoms with Crippen LogP contribution in [0.4, 0.5) is 11.4 Å². The fraction of sp³-hybridized carbons (Fsp3) is 0.125. The molecule has 1 unspecified atom stereocenters. The molecule has 0 bridgehead atoms. The Labute approximate surface area is 201 Å². The standard InChI is InChI=1S/C24H21N3O5S2/c1-32-19-14-12-17(13-15-19)25-22(28)16-21-23(29)27(18-8-4-2-5-9-18)24(33-21)26-34(30,31)20-10-6-3-7-11-20/h2-15,21H,16H2,1H3,(H,25,28)/b26-24-. The van der Waals surface area contributed by atoms with Crippen LogP contribution in [0.3, 0.4) is 0 Å². The zero-order chi connectivity index (χ0) is 24.1. The molecule has 174 valence electrons. The van der Waals surface area contributed by atoms with Gasteiger partial charge in [-0.05, 0) is 48.5 Å². The quantitative estimate of drug-likeness (QED) is 0.533. The molecule has 10 heteroatoms. The zero-order valence-electron chi connectivity index (χ0n) is 18.1. The predicted octanol–water partition coefficient (Wildman–Crippen LogP) is 3.92. The van der Waals surface area contributed by atoms with E-state index >= 15 is 0 Å². The number of carbonyl (C=O) groups is 2. The molecule has 3 aromatic carbocycles. The van der Waals surface area contributed by atoms with Gasteiger partial charge in [-0.15, -0.1) is 4.40 Å². The molecular formula is C24H21N3O5S2. The Balaban J connectivity index is 1.59. The number of rotatable bonds is 7. The number of amidine groups is 1. The van der Waals surface area contributed by atoms with Gasteiger partial charge in [0, 0.05) is 12.1 Å². The number of ether oxygens (including phenoxy) is 1. The van der Waals surface area contributed by atoms with Gasteiger partial charge in [-0.1, -0.05) is 48.2 Å².